The molecule has 160 valence electrons. The van der Waals surface area contributed by atoms with Crippen molar-refractivity contribution in [1.29, 1.82) is 0 Å². The van der Waals surface area contributed by atoms with Gasteiger partial charge in [-0.25, -0.2) is 4.79 Å². The third kappa shape index (κ3) is 4.22. The van der Waals surface area contributed by atoms with Gasteiger partial charge in [-0.05, 0) is 75.8 Å². The minimum Gasteiger partial charge on any atom is -0.478 e. The molecule has 1 amide bonds. The number of amides is 1. The van der Waals surface area contributed by atoms with E-state index in [1.54, 1.807) is 30.3 Å². The van der Waals surface area contributed by atoms with Crippen molar-refractivity contribution in [3.8, 4) is 0 Å². The fourth-order valence-electron chi connectivity index (χ4n) is 4.07. The Morgan fingerprint density at radius 2 is 1.65 bits per heavy atom. The van der Waals surface area contributed by atoms with Crippen molar-refractivity contribution in [3.63, 3.8) is 0 Å². The van der Waals surface area contributed by atoms with E-state index in [1.807, 2.05) is 0 Å². The number of hydrogen-bond acceptors (Lipinski definition) is 5. The lowest BCUT2D eigenvalue weighted by molar-refractivity contribution is -0.110. The quantitative estimate of drug-likeness (QED) is 0.509. The van der Waals surface area contributed by atoms with E-state index < -0.39 is 5.97 Å². The number of ketones is 1. The number of aromatic carboxylic acids is 1. The fourth-order valence-corrected chi connectivity index (χ4v) is 4.07. The van der Waals surface area contributed by atoms with Gasteiger partial charge in [0.15, 0.2) is 5.78 Å². The Bertz CT molecular complexity index is 1080. The second kappa shape index (κ2) is 8.35. The molecule has 2 heterocycles. The lowest BCUT2D eigenvalue weighted by Gasteiger charge is -2.31. The number of nitrogens with one attached hydrogen (secondary N) is 2. The lowest BCUT2D eigenvalue weighted by atomic mass is 9.96. The first-order chi connectivity index (χ1) is 14.8. The summed E-state index contributed by atoms with van der Waals surface area (Å²) >= 11 is 0. The van der Waals surface area contributed by atoms with Crippen LogP contribution in [0.2, 0.25) is 0 Å². The van der Waals surface area contributed by atoms with Gasteiger partial charge in [-0.2, -0.15) is 0 Å². The molecule has 2 aliphatic heterocycles. The minimum absolute atomic E-state index is 0.0721. The van der Waals surface area contributed by atoms with Gasteiger partial charge < -0.3 is 20.6 Å². The molecule has 0 radical (unpaired) electrons. The van der Waals surface area contributed by atoms with Gasteiger partial charge in [-0.15, -0.1) is 0 Å². The van der Waals surface area contributed by atoms with Crippen LogP contribution in [0, 0.1) is 0 Å². The first-order valence-electron chi connectivity index (χ1n) is 10.3. The number of carbonyl (C=O) groups is 3. The number of benzene rings is 2. The van der Waals surface area contributed by atoms with E-state index in [-0.39, 0.29) is 23.3 Å². The van der Waals surface area contributed by atoms with Gasteiger partial charge in [-0.1, -0.05) is 12.1 Å². The molecule has 0 unspecified atom stereocenters. The molecule has 2 aliphatic rings. The molecule has 31 heavy (non-hydrogen) atoms. The number of hydrogen-bond donors (Lipinski definition) is 3. The van der Waals surface area contributed by atoms with Crippen molar-refractivity contribution in [3.05, 3.63) is 64.7 Å². The summed E-state index contributed by atoms with van der Waals surface area (Å²) in [5.74, 6) is -1.32. The Morgan fingerprint density at radius 3 is 2.26 bits per heavy atom. The maximum absolute atomic E-state index is 13.0. The van der Waals surface area contributed by atoms with E-state index in [0.717, 1.165) is 31.5 Å². The first-order valence-corrected chi connectivity index (χ1v) is 10.3. The van der Waals surface area contributed by atoms with E-state index in [4.69, 9.17) is 0 Å². The predicted octanol–water partition coefficient (Wildman–Crippen LogP) is 3.09. The van der Waals surface area contributed by atoms with E-state index in [9.17, 15) is 19.5 Å². The third-order valence-corrected chi connectivity index (χ3v) is 5.91. The van der Waals surface area contributed by atoms with Crippen LogP contribution in [0.25, 0.3) is 11.3 Å². The topological polar surface area (TPSA) is 98.7 Å². The monoisotopic (exact) mass is 419 g/mol. The summed E-state index contributed by atoms with van der Waals surface area (Å²) in [7, 11) is 2.09. The maximum atomic E-state index is 13.0. The number of Topliss-reactive ketones (excluding diaryl/α,β-unsaturated/α-hetero) is 1. The molecule has 2 aromatic carbocycles. The Morgan fingerprint density at radius 1 is 1.03 bits per heavy atom. The SMILES string of the molecule is CC(=O)c1ccc2c(c1)C(=C(NC1CCN(C)CC1)c1ccc(C(=O)O)cc1)C(=O)N2. The van der Waals surface area contributed by atoms with E-state index in [2.05, 4.69) is 22.6 Å². The summed E-state index contributed by atoms with van der Waals surface area (Å²) in [4.78, 5) is 38.5. The van der Waals surface area contributed by atoms with Gasteiger partial charge in [0.05, 0.1) is 16.8 Å². The van der Waals surface area contributed by atoms with Gasteiger partial charge >= 0.3 is 5.97 Å². The number of rotatable bonds is 5. The van der Waals surface area contributed by atoms with Gasteiger partial charge in [0.1, 0.15) is 0 Å². The average molecular weight is 419 g/mol. The van der Waals surface area contributed by atoms with Crippen LogP contribution in [0.4, 0.5) is 5.69 Å². The number of fused-ring (bicyclic) bond motifs is 1. The Hall–Kier alpha value is -3.45. The van der Waals surface area contributed by atoms with E-state index >= 15 is 0 Å². The summed E-state index contributed by atoms with van der Waals surface area (Å²) in [6.07, 6.45) is 1.87. The lowest BCUT2D eigenvalue weighted by Crippen LogP contribution is -2.40. The second-order valence-corrected chi connectivity index (χ2v) is 8.13. The molecule has 7 nitrogen and oxygen atoms in total. The van der Waals surface area contributed by atoms with Gasteiger partial charge in [0.25, 0.3) is 5.91 Å². The molecule has 0 aliphatic carbocycles. The summed E-state index contributed by atoms with van der Waals surface area (Å²) in [5, 5.41) is 15.7. The zero-order valence-electron chi connectivity index (χ0n) is 17.6. The molecule has 0 saturated carbocycles. The molecule has 7 heteroatoms. The van der Waals surface area contributed by atoms with Gasteiger partial charge in [-0.3, -0.25) is 9.59 Å². The third-order valence-electron chi connectivity index (χ3n) is 5.91. The van der Waals surface area contributed by atoms with Crippen LogP contribution in [0.5, 0.6) is 0 Å². The molecular weight excluding hydrogens is 394 g/mol. The molecule has 4 rings (SSSR count). The Labute approximate surface area is 180 Å². The van der Waals surface area contributed by atoms with Crippen molar-refractivity contribution in [2.24, 2.45) is 0 Å². The van der Waals surface area contributed by atoms with Crippen molar-refractivity contribution >= 4 is 34.6 Å². The van der Waals surface area contributed by atoms with Crippen molar-refractivity contribution in [1.82, 2.24) is 10.2 Å². The number of carbonyl (C=O) groups excluding carboxylic acids is 2. The number of anilines is 1. The number of carboxylic acid groups (broad SMARTS) is 1. The van der Waals surface area contributed by atoms with Crippen LogP contribution in [-0.2, 0) is 4.79 Å². The number of likely N-dealkylation sites (tertiary alicyclic amines) is 1. The molecule has 1 fully saturated rings. The highest BCUT2D eigenvalue weighted by molar-refractivity contribution is 6.36. The molecule has 0 bridgehead atoms. The summed E-state index contributed by atoms with van der Waals surface area (Å²) in [6, 6.07) is 11.9. The molecule has 1 saturated heterocycles. The normalized spacial score (nSPS) is 18.3. The number of carboxylic acids is 1. The Balaban J connectivity index is 1.83. The van der Waals surface area contributed by atoms with Gasteiger partial charge in [0, 0.05) is 22.9 Å². The van der Waals surface area contributed by atoms with Crippen LogP contribution in [-0.4, -0.2) is 53.8 Å². The predicted molar refractivity (Wildman–Crippen MR) is 119 cm³/mol. The Kier molecular flexibility index (Phi) is 5.61. The minimum atomic E-state index is -1.00. The maximum Gasteiger partial charge on any atom is 0.335 e. The molecule has 0 spiro atoms. The standard InChI is InChI=1S/C24H25N3O4/c1-14(28)17-7-8-20-19(13-17)21(23(29)26-20)22(25-18-9-11-27(2)12-10-18)15-3-5-16(6-4-15)24(30)31/h3-8,13,18,25H,9-12H2,1-2H3,(H,26,29)(H,30,31). The van der Waals surface area contributed by atoms with Crippen LogP contribution in [0.1, 0.15) is 51.6 Å². The van der Waals surface area contributed by atoms with Crippen molar-refractivity contribution < 1.29 is 19.5 Å². The molecule has 3 N–H and O–H groups in total. The largest absolute Gasteiger partial charge is 0.478 e. The summed E-state index contributed by atoms with van der Waals surface area (Å²) < 4.78 is 0. The van der Waals surface area contributed by atoms with Crippen molar-refractivity contribution in [2.45, 2.75) is 25.8 Å². The highest BCUT2D eigenvalue weighted by Crippen LogP contribution is 2.37. The highest BCUT2D eigenvalue weighted by atomic mass is 16.4. The van der Waals surface area contributed by atoms with Crippen LogP contribution in [0.15, 0.2) is 42.5 Å². The fraction of sp³-hybridized carbons (Fsp3) is 0.292. The summed E-state index contributed by atoms with van der Waals surface area (Å²) in [6.45, 7) is 3.41. The molecule has 0 aromatic heterocycles. The van der Waals surface area contributed by atoms with E-state index in [0.29, 0.717) is 28.1 Å². The number of piperidine rings is 1. The molecule has 0 atom stereocenters. The average Bonchev–Trinajstić information content (AvgIpc) is 3.08. The smallest absolute Gasteiger partial charge is 0.335 e. The molecular formula is C24H25N3O4. The van der Waals surface area contributed by atoms with E-state index in [1.165, 1.54) is 19.1 Å². The van der Waals surface area contributed by atoms with Crippen LogP contribution < -0.4 is 10.6 Å². The van der Waals surface area contributed by atoms with Crippen LogP contribution >= 0.6 is 0 Å². The highest BCUT2D eigenvalue weighted by Gasteiger charge is 2.30. The number of nitrogens with zero attached hydrogens (tertiary/aromatic N) is 1. The van der Waals surface area contributed by atoms with Gasteiger partial charge in [0.2, 0.25) is 0 Å². The van der Waals surface area contributed by atoms with Crippen LogP contribution in [0.3, 0.4) is 0 Å². The second-order valence-electron chi connectivity index (χ2n) is 8.13. The van der Waals surface area contributed by atoms with Crippen molar-refractivity contribution in [2.75, 3.05) is 25.5 Å². The zero-order valence-corrected chi connectivity index (χ0v) is 17.6. The molecule has 2 aromatic rings. The summed E-state index contributed by atoms with van der Waals surface area (Å²) in [5.41, 5.74) is 3.92. The first kappa shape index (κ1) is 20.8. The zero-order chi connectivity index (χ0) is 22.1.